The van der Waals surface area contributed by atoms with Crippen LogP contribution < -0.4 is 65.1 Å². The quantitative estimate of drug-likeness (QED) is 0.00974. The second kappa shape index (κ2) is 31.3. The molecule has 2 saturated heterocycles. The Morgan fingerprint density at radius 2 is 1.40 bits per heavy atom. The highest BCUT2D eigenvalue weighted by Crippen LogP contribution is 2.22. The first kappa shape index (κ1) is 64.7. The van der Waals surface area contributed by atoms with Gasteiger partial charge in [0.25, 0.3) is 0 Å². The zero-order valence-corrected chi connectivity index (χ0v) is 47.1. The van der Waals surface area contributed by atoms with Gasteiger partial charge in [-0.3, -0.25) is 63.0 Å². The number of amides is 10. The van der Waals surface area contributed by atoms with Crippen molar-refractivity contribution < 1.29 is 63.0 Å². The number of imidazole rings is 1. The number of aromatic nitrogens is 3. The van der Waals surface area contributed by atoms with Crippen LogP contribution in [-0.2, 0) is 72.0 Å². The molecule has 10 amide bonds. The molecule has 4 aromatic rings. The highest BCUT2D eigenvalue weighted by molar-refractivity contribution is 6.08. The number of primary amides is 1. The largest absolute Gasteiger partial charge is 0.508 e. The molecule has 2 aromatic carbocycles. The summed E-state index contributed by atoms with van der Waals surface area (Å²) in [5, 5.41) is 44.6. The van der Waals surface area contributed by atoms with Gasteiger partial charge in [0.15, 0.2) is 11.7 Å². The Balaban J connectivity index is 1.16. The number of H-pyrrole nitrogens is 2. The molecule has 6 rings (SSSR count). The molecule has 2 aliphatic heterocycles. The number of ketones is 1. The van der Waals surface area contributed by atoms with E-state index in [2.05, 4.69) is 67.8 Å². The molecule has 30 heteroatoms. The predicted molar refractivity (Wildman–Crippen MR) is 306 cm³/mol. The Bertz CT molecular complexity index is 3060. The first-order valence-electron chi connectivity index (χ1n) is 27.8. The van der Waals surface area contributed by atoms with Crippen LogP contribution in [0.2, 0.25) is 0 Å². The number of nitrogens with two attached hydrogens (primary N) is 3. The second-order valence-corrected chi connectivity index (χ2v) is 21.1. The molecule has 19 N–H and O–H groups in total. The number of aliphatic imine (C=N–C) groups is 1. The monoisotopic (exact) mass is 1180 g/mol. The minimum atomic E-state index is -1.76. The average molecular weight is 1180 g/mol. The number of hydrogen-bond donors (Lipinski definition) is 16. The maximum Gasteiger partial charge on any atom is 0.245 e. The minimum absolute atomic E-state index is 0.0149. The van der Waals surface area contributed by atoms with E-state index in [1.165, 1.54) is 41.7 Å². The fraction of sp³-hybridized carbons (Fsp3) is 0.473. The molecular weight excluding hydrogens is 1110 g/mol. The third-order valence-corrected chi connectivity index (χ3v) is 14.1. The van der Waals surface area contributed by atoms with E-state index in [1.54, 1.807) is 44.3 Å². The number of benzene rings is 2. The van der Waals surface area contributed by atoms with E-state index in [0.717, 1.165) is 0 Å². The average Bonchev–Trinajstić information content (AvgIpc) is 4.26. The summed E-state index contributed by atoms with van der Waals surface area (Å²) in [6, 6.07) is 1.98. The topological polar surface area (TPSA) is 475 Å². The van der Waals surface area contributed by atoms with E-state index in [9.17, 15) is 63.0 Å². The highest BCUT2D eigenvalue weighted by atomic mass is 16.3. The number of aliphatic hydroxyl groups is 1. The fourth-order valence-electron chi connectivity index (χ4n) is 9.80. The van der Waals surface area contributed by atoms with Crippen LogP contribution >= 0.6 is 0 Å². The molecule has 0 unspecified atom stereocenters. The predicted octanol–water partition coefficient (Wildman–Crippen LogP) is -4.74. The number of carbonyl (C=O) groups is 11. The van der Waals surface area contributed by atoms with Crippen molar-refractivity contribution in [2.45, 2.75) is 120 Å². The third kappa shape index (κ3) is 19.3. The number of nitrogens with one attached hydrogen (secondary N) is 11. The van der Waals surface area contributed by atoms with E-state index < -0.39 is 127 Å². The van der Waals surface area contributed by atoms with Gasteiger partial charge in [0.1, 0.15) is 54.1 Å². The fourth-order valence-corrected chi connectivity index (χ4v) is 9.80. The van der Waals surface area contributed by atoms with Gasteiger partial charge in [0, 0.05) is 74.3 Å². The Kier molecular flexibility index (Phi) is 23.8. The van der Waals surface area contributed by atoms with Crippen molar-refractivity contribution in [3.63, 3.8) is 0 Å². The molecular formula is C55H75N17O13. The van der Waals surface area contributed by atoms with Gasteiger partial charge in [-0.25, -0.2) is 4.98 Å². The SMILES string of the molecule is CC(C)C[C@H](NC(=O)CNC(=O)[C@H](Cc1ccc(O)cc1)NC(=O)[C@H](CO)NC(=O)[C@H](Cc1c[nH]c2ccccc12)NC(=O)[C@H](Cc1cnc[nH]1)NC(=O)[C@H]1NCCC1=O)C(=O)N[C@@H](CCCN=C(N)N)C(=O)N1CCC[C@@H]1C(=O)NCC(N)=O. The first-order valence-corrected chi connectivity index (χ1v) is 27.8. The first-order chi connectivity index (χ1) is 40.6. The van der Waals surface area contributed by atoms with E-state index in [0.29, 0.717) is 34.1 Å². The number of phenolic OH excluding ortho intramolecular Hbond substituents is 1. The minimum Gasteiger partial charge on any atom is -0.508 e. The Labute approximate surface area is 488 Å². The molecule has 0 radical (unpaired) electrons. The summed E-state index contributed by atoms with van der Waals surface area (Å²) in [5.74, 6) is -9.08. The number of aliphatic hydroxyl groups excluding tert-OH is 1. The molecule has 0 aliphatic carbocycles. The van der Waals surface area contributed by atoms with Crippen molar-refractivity contribution in [3.8, 4) is 5.75 Å². The zero-order valence-electron chi connectivity index (χ0n) is 47.1. The smallest absolute Gasteiger partial charge is 0.245 e. The lowest BCUT2D eigenvalue weighted by atomic mass is 10.0. The number of para-hydroxylation sites is 1. The number of aromatic amines is 2. The molecule has 0 saturated carbocycles. The number of nitrogens with zero attached hydrogens (tertiary/aromatic N) is 3. The maximum atomic E-state index is 14.4. The van der Waals surface area contributed by atoms with E-state index in [4.69, 9.17) is 17.2 Å². The van der Waals surface area contributed by atoms with Crippen LogP contribution in [0.25, 0.3) is 10.9 Å². The number of phenols is 1. The van der Waals surface area contributed by atoms with Crippen molar-refractivity contribution in [3.05, 3.63) is 84.1 Å². The number of fused-ring (bicyclic) bond motifs is 1. The summed E-state index contributed by atoms with van der Waals surface area (Å²) in [6.07, 6.45) is 4.98. The van der Waals surface area contributed by atoms with E-state index in [1.807, 2.05) is 0 Å². The standard InChI is InChI=1S/C55H75N17O13/c1-29(2)19-37(48(79)67-36(9-5-16-61-55(57)58)54(85)72-18-6-10-42(72)52(83)63-25-44(56)76)66-45(77)26-64-47(78)38(20-30-11-13-33(74)14-12-30)68-51(82)41(27-73)71-49(80)39(21-31-23-62-35-8-4-3-7-34(31)35)69-50(81)40(22-32-24-59-28-65-32)70-53(84)46-43(75)15-17-60-46/h3-4,7-8,11-14,23-24,28-29,36-42,46,60,62,73-74H,5-6,9-10,15-22,25-27H2,1-2H3,(H2,56,76)(H,59,65)(H,63,83)(H,64,78)(H,66,77)(H,67,79)(H,68,82)(H,69,81)(H,70,84)(H,71,80)(H4,57,58,61)/t36-,37-,38-,39-,40-,41-,42+,46-/m0/s1. The highest BCUT2D eigenvalue weighted by Gasteiger charge is 2.40. The molecule has 8 atom stereocenters. The number of aromatic hydroxyl groups is 1. The molecule has 458 valence electrons. The summed E-state index contributed by atoms with van der Waals surface area (Å²) < 4.78 is 0. The third-order valence-electron chi connectivity index (χ3n) is 14.1. The lowest BCUT2D eigenvalue weighted by Gasteiger charge is -2.30. The normalized spacial score (nSPS) is 16.8. The molecule has 30 nitrogen and oxygen atoms in total. The van der Waals surface area contributed by atoms with Gasteiger partial charge >= 0.3 is 0 Å². The van der Waals surface area contributed by atoms with Crippen molar-refractivity contribution >= 4 is 81.7 Å². The number of rotatable bonds is 31. The molecule has 2 fully saturated rings. The summed E-state index contributed by atoms with van der Waals surface area (Å²) in [7, 11) is 0. The van der Waals surface area contributed by atoms with Crippen molar-refractivity contribution in [2.24, 2.45) is 28.1 Å². The Morgan fingerprint density at radius 1 is 0.741 bits per heavy atom. The number of guanidine groups is 1. The van der Waals surface area contributed by atoms with Gasteiger partial charge in [0.2, 0.25) is 59.1 Å². The number of carbonyl (C=O) groups excluding carboxylic acids is 11. The van der Waals surface area contributed by atoms with Crippen LogP contribution in [-0.4, -0.2) is 189 Å². The van der Waals surface area contributed by atoms with Crippen LogP contribution in [0.1, 0.15) is 69.2 Å². The summed E-state index contributed by atoms with van der Waals surface area (Å²) in [6.45, 7) is 1.87. The van der Waals surface area contributed by atoms with Crippen molar-refractivity contribution in [1.29, 1.82) is 0 Å². The number of hydrogen-bond acceptors (Lipinski definition) is 16. The van der Waals surface area contributed by atoms with Crippen molar-refractivity contribution in [1.82, 2.24) is 67.7 Å². The van der Waals surface area contributed by atoms with Gasteiger partial charge in [-0.1, -0.05) is 44.2 Å². The lowest BCUT2D eigenvalue weighted by Crippen LogP contribution is -2.60. The van der Waals surface area contributed by atoms with E-state index >= 15 is 0 Å². The second-order valence-electron chi connectivity index (χ2n) is 21.1. The van der Waals surface area contributed by atoms with Crippen LogP contribution in [0, 0.1) is 5.92 Å². The van der Waals surface area contributed by atoms with Crippen LogP contribution in [0.4, 0.5) is 0 Å². The van der Waals surface area contributed by atoms with Crippen molar-refractivity contribution in [2.75, 3.05) is 39.3 Å². The Morgan fingerprint density at radius 3 is 2.05 bits per heavy atom. The van der Waals surface area contributed by atoms with Crippen LogP contribution in [0.3, 0.4) is 0 Å². The molecule has 2 aliphatic rings. The number of likely N-dealkylation sites (tertiary alicyclic amines) is 1. The number of Topliss-reactive ketones (excluding diaryl/α,β-unsaturated/α-hetero) is 1. The van der Waals surface area contributed by atoms with E-state index in [-0.39, 0.29) is 94.4 Å². The van der Waals surface area contributed by atoms with Gasteiger partial charge < -0.3 is 84.8 Å². The summed E-state index contributed by atoms with van der Waals surface area (Å²) in [4.78, 5) is 164. The van der Waals surface area contributed by atoms with Gasteiger partial charge in [-0.2, -0.15) is 0 Å². The molecule has 85 heavy (non-hydrogen) atoms. The van der Waals surface area contributed by atoms with Gasteiger partial charge in [-0.05, 0) is 67.3 Å². The lowest BCUT2D eigenvalue weighted by molar-refractivity contribution is -0.142. The molecule has 0 bridgehead atoms. The summed E-state index contributed by atoms with van der Waals surface area (Å²) >= 11 is 0. The molecule has 2 aromatic heterocycles. The Hall–Kier alpha value is -9.45. The van der Waals surface area contributed by atoms with Crippen LogP contribution in [0.15, 0.2) is 72.2 Å². The van der Waals surface area contributed by atoms with Crippen LogP contribution in [0.5, 0.6) is 5.75 Å². The summed E-state index contributed by atoms with van der Waals surface area (Å²) in [5.41, 5.74) is 18.3. The maximum absolute atomic E-state index is 14.4. The molecule has 0 spiro atoms. The van der Waals surface area contributed by atoms with Gasteiger partial charge in [0.05, 0.1) is 26.0 Å². The zero-order chi connectivity index (χ0) is 61.7. The van der Waals surface area contributed by atoms with Gasteiger partial charge in [-0.15, -0.1) is 0 Å². The molecule has 4 heterocycles.